The molecule has 11 atom stereocenters. The predicted molar refractivity (Wildman–Crippen MR) is 533 cm³/mol. The third-order valence-corrected chi connectivity index (χ3v) is 29.9. The lowest BCUT2D eigenvalue weighted by Crippen LogP contribution is -2.44. The molecule has 23 nitrogen and oxygen atoms in total. The molecule has 12 aromatic rings. The Morgan fingerprint density at radius 3 is 1.27 bits per heavy atom. The Morgan fingerprint density at radius 1 is 0.469 bits per heavy atom. The fourth-order valence-corrected chi connectivity index (χ4v) is 21.5. The molecule has 17 rings (SSSR count). The molecule has 0 saturated carbocycles. The molecule has 7 heterocycles. The maximum absolute atomic E-state index is 15.0. The minimum absolute atomic E-state index is 0.00192. The third kappa shape index (κ3) is 36.8. The van der Waals surface area contributed by atoms with E-state index in [2.05, 4.69) is 38.2 Å². The summed E-state index contributed by atoms with van der Waals surface area (Å²) in [4.78, 5) is 51.2. The van der Waals surface area contributed by atoms with Crippen LogP contribution in [0.3, 0.4) is 0 Å². The number of alkyl halides is 10. The Labute approximate surface area is 867 Å². The van der Waals surface area contributed by atoms with Crippen LogP contribution in [0.25, 0.3) is 0 Å². The van der Waals surface area contributed by atoms with Gasteiger partial charge in [0.2, 0.25) is 4.38 Å². The van der Waals surface area contributed by atoms with Gasteiger partial charge in [-0.1, -0.05) is 254 Å². The molecule has 3 amide bonds. The van der Waals surface area contributed by atoms with E-state index in [0.717, 1.165) is 86.6 Å². The summed E-state index contributed by atoms with van der Waals surface area (Å²) in [6, 6.07) is 77.6. The van der Waals surface area contributed by atoms with Gasteiger partial charge in [0.25, 0.3) is 0 Å². The van der Waals surface area contributed by atoms with E-state index in [4.69, 9.17) is 42.8 Å². The number of carbonyl (C=O) groups is 3. The average Bonchev–Trinajstić information content (AvgIpc) is 1.45. The molecule has 147 heavy (non-hydrogen) atoms. The number of nitrogens with zero attached hydrogens (tertiary/aromatic N) is 8. The number of sulfone groups is 1. The summed E-state index contributed by atoms with van der Waals surface area (Å²) in [7, 11) is -5.90. The number of amides is 3. The Balaban J connectivity index is 0.000000159. The number of nitrogens with one attached hydrogen (secondary N) is 1. The summed E-state index contributed by atoms with van der Waals surface area (Å²) >= 11 is 14.0. The topological polar surface area (TPSA) is 264 Å². The molecule has 43 heteroatoms. The van der Waals surface area contributed by atoms with Gasteiger partial charge in [-0.2, -0.15) is 8.75 Å². The van der Waals surface area contributed by atoms with Gasteiger partial charge < -0.3 is 44.1 Å². The molecule has 5 saturated heterocycles. The Bertz CT molecular complexity index is 6210. The highest BCUT2D eigenvalue weighted by Gasteiger charge is 2.44. The van der Waals surface area contributed by atoms with Gasteiger partial charge in [-0.3, -0.25) is 23.3 Å². The second-order valence-corrected chi connectivity index (χ2v) is 40.9. The number of thiocarbonyl (C=S) groups is 1. The van der Waals surface area contributed by atoms with Crippen molar-refractivity contribution in [2.24, 2.45) is 0 Å². The molecule has 0 aliphatic carbocycles. The standard InChI is InChI=1S/C22H20F5N3O3S2.C21H23NO3S2.C20H20F3NO3.C19H21NO3.C12H14F3NO.C10H7ClF2N2OS2/c23-17-10-20(35(31,32)12-21-28-13-29-34-21)18(24)8-15(17)11-30-7-6-16(33-22(25,26)27)9-19(30)14-4-2-1-3-5-14;1-27-21(26)25-18-12-13-22(19(14-18)17-10-6-3-7-11-17)20(23)24-15-16-8-4-2-5-9-16;21-20(22,23)27-17-11-12-24(18(13-17)16-9-5-2-6-10-16)19(25)26-14-15-7-3-1-4-8-15;21-17-11-12-20(18(13-17)16-9-5-2-6-10-16)19(22)23-14-15-7-3-1-4-8-15;13-12(14,15)17-10-6-7-16-11(8-10)9-4-2-1-3-5-9;11-3-6-1-8(13)9(2-7(6)12)18(16)4-10-14-5-15-17-10/h1-5,8,10,13,16,19H,6-7,9,11-12H2;2-11,18-19H,12-15H2,1H3;1-10,17-18H,11-14H2;1-10,17-18,21H,11-14H2;1-5,10-11,16H,6-8H2;1-2,5H,3-4H2/t16-,19+;;;;;/m0...../s1. The second-order valence-electron chi connectivity index (χ2n) is 34.1. The maximum Gasteiger partial charge on any atom is 0.522 e. The molecular weight excluding hydrogens is 2070 g/mol. The van der Waals surface area contributed by atoms with Crippen molar-refractivity contribution in [2.75, 3.05) is 39.0 Å². The van der Waals surface area contributed by atoms with Crippen LogP contribution in [0.2, 0.25) is 0 Å². The summed E-state index contributed by atoms with van der Waals surface area (Å²) < 4.78 is 249. The quantitative estimate of drug-likeness (QED) is 0.0246. The molecule has 5 fully saturated rings. The lowest BCUT2D eigenvalue weighted by Gasteiger charge is -2.40. The molecule has 2 N–H and O–H groups in total. The number of benzene rings is 10. The molecular formula is C104H105ClF13N9O14S6. The molecule has 0 radical (unpaired) electrons. The SMILES string of the molecule is CSC(=S)OC1CCN(C(=O)OCc2ccccc2)C(c2ccccc2)C1.FC(F)(F)OC1CCNC(c2ccccc2)C1.O=C(OCc1ccccc1)N1CCC(O)CC1c1ccccc1.O=C(OCc1ccccc1)N1CCC(OC(F)(F)F)CC1c1ccccc1.O=S(=O)(Cc1ncns1)c1cc(F)c(CN2CC[C@H](OC(F)(F)F)C[C@@H]2c2ccccc2)cc1F.O=S(Cc1ncns1)c1cc(F)c(CCl)cc1F. The van der Waals surface area contributed by atoms with Gasteiger partial charge in [0.15, 0.2) is 9.84 Å². The fraction of sp³-hybridized carbons (Fsp3) is 0.346. The number of halogens is 14. The average molecular weight is 2180 g/mol. The van der Waals surface area contributed by atoms with E-state index in [1.54, 1.807) is 69.3 Å². The maximum atomic E-state index is 15.0. The molecule has 2 aromatic heterocycles. The van der Waals surface area contributed by atoms with Gasteiger partial charge >= 0.3 is 37.4 Å². The first-order valence-electron chi connectivity index (χ1n) is 46.5. The minimum Gasteiger partial charge on any atom is -0.475 e. The molecule has 784 valence electrons. The van der Waals surface area contributed by atoms with Crippen molar-refractivity contribution in [3.8, 4) is 0 Å². The lowest BCUT2D eigenvalue weighted by atomic mass is 9.92. The molecule has 10 aromatic carbocycles. The van der Waals surface area contributed by atoms with E-state index in [-0.39, 0.29) is 140 Å². The van der Waals surface area contributed by atoms with E-state index in [0.29, 0.717) is 72.8 Å². The van der Waals surface area contributed by atoms with Crippen LogP contribution in [0.4, 0.5) is 71.5 Å². The summed E-state index contributed by atoms with van der Waals surface area (Å²) in [5, 5.41) is 13.8. The van der Waals surface area contributed by atoms with Gasteiger partial charge in [0, 0.05) is 68.8 Å². The van der Waals surface area contributed by atoms with Crippen LogP contribution in [-0.2, 0) is 97.5 Å². The van der Waals surface area contributed by atoms with E-state index < -0.39 is 110 Å². The number of ether oxygens (including phenoxy) is 7. The van der Waals surface area contributed by atoms with E-state index >= 15 is 0 Å². The van der Waals surface area contributed by atoms with Crippen LogP contribution in [0.5, 0.6) is 0 Å². The summed E-state index contributed by atoms with van der Waals surface area (Å²) in [5.74, 6) is -4.16. The first kappa shape index (κ1) is 114. The Hall–Kier alpha value is -11.4. The zero-order valence-corrected chi connectivity index (χ0v) is 84.6. The molecule has 5 aliphatic heterocycles. The number of aliphatic hydroxyl groups excluding tert-OH is 1. The monoisotopic (exact) mass is 2180 g/mol. The Kier molecular flexibility index (Phi) is 43.8. The number of thioether (sulfide) groups is 1. The number of hydrogen-bond acceptors (Lipinski definition) is 24. The number of piperidine rings is 5. The van der Waals surface area contributed by atoms with E-state index in [9.17, 15) is 89.2 Å². The molecule has 5 aliphatic rings. The van der Waals surface area contributed by atoms with Gasteiger partial charge in [-0.15, -0.1) is 51.1 Å². The lowest BCUT2D eigenvalue weighted by molar-refractivity contribution is -0.348. The highest BCUT2D eigenvalue weighted by Crippen LogP contribution is 2.42. The highest BCUT2D eigenvalue weighted by atomic mass is 35.5. The minimum atomic E-state index is -4.78. The van der Waals surface area contributed by atoms with Crippen molar-refractivity contribution in [3.63, 3.8) is 0 Å². The van der Waals surface area contributed by atoms with Crippen molar-refractivity contribution in [1.29, 1.82) is 0 Å². The zero-order valence-electron chi connectivity index (χ0n) is 79.0. The zero-order chi connectivity index (χ0) is 105. The second kappa shape index (κ2) is 56.3. The smallest absolute Gasteiger partial charge is 0.475 e. The number of hydrogen-bond donors (Lipinski definition) is 2. The van der Waals surface area contributed by atoms with Crippen LogP contribution >= 0.6 is 58.6 Å². The van der Waals surface area contributed by atoms with E-state index in [1.165, 1.54) is 29.3 Å². The van der Waals surface area contributed by atoms with Crippen LogP contribution < -0.4 is 5.32 Å². The van der Waals surface area contributed by atoms with Crippen molar-refractivity contribution in [1.82, 2.24) is 43.6 Å². The number of carbonyl (C=O) groups excluding carboxylic acids is 3. The van der Waals surface area contributed by atoms with Crippen molar-refractivity contribution < 1.29 is 122 Å². The van der Waals surface area contributed by atoms with Crippen molar-refractivity contribution >= 4 is 102 Å². The van der Waals surface area contributed by atoms with Gasteiger partial charge in [0.1, 0.15) is 82.5 Å². The van der Waals surface area contributed by atoms with Crippen LogP contribution in [0, 0.1) is 23.3 Å². The largest absolute Gasteiger partial charge is 0.522 e. The van der Waals surface area contributed by atoms with Crippen LogP contribution in [-0.4, -0.2) is 167 Å². The molecule has 9 unspecified atom stereocenters. The fourth-order valence-electron chi connectivity index (χ4n) is 17.0. The normalized spacial score (nSPS) is 19.8. The molecule has 0 spiro atoms. The summed E-state index contributed by atoms with van der Waals surface area (Å²) in [6.45, 7) is 2.42. The van der Waals surface area contributed by atoms with E-state index in [1.807, 2.05) is 194 Å². The highest BCUT2D eigenvalue weighted by molar-refractivity contribution is 8.22. The first-order valence-corrected chi connectivity index (χ1v) is 53.1. The van der Waals surface area contributed by atoms with Gasteiger partial charge in [-0.05, 0) is 168 Å². The van der Waals surface area contributed by atoms with Gasteiger partial charge in [-0.25, -0.2) is 50.3 Å². The van der Waals surface area contributed by atoms with Crippen LogP contribution in [0.15, 0.2) is 289 Å². The van der Waals surface area contributed by atoms with Crippen molar-refractivity contribution in [2.45, 2.75) is 198 Å². The first-order chi connectivity index (χ1) is 70.5. The number of aromatic nitrogens is 4. The van der Waals surface area contributed by atoms with Gasteiger partial charge in [0.05, 0.1) is 69.9 Å². The molecule has 0 bridgehead atoms. The van der Waals surface area contributed by atoms with Crippen molar-refractivity contribution in [3.05, 3.63) is 368 Å². The summed E-state index contributed by atoms with van der Waals surface area (Å²) in [6.07, 6.45) is -10.4. The van der Waals surface area contributed by atoms with Crippen LogP contribution in [0.1, 0.15) is 160 Å². The Morgan fingerprint density at radius 2 is 0.844 bits per heavy atom. The number of likely N-dealkylation sites (tertiary alicyclic amines) is 4. The number of aliphatic hydroxyl groups is 1. The number of rotatable bonds is 24. The predicted octanol–water partition coefficient (Wildman–Crippen LogP) is 24.7. The third-order valence-electron chi connectivity index (χ3n) is 24.0. The summed E-state index contributed by atoms with van der Waals surface area (Å²) in [5.41, 5.74) is 7.31.